The maximum absolute atomic E-state index is 14.3. The number of likely N-dealkylation sites (tertiary alicyclic amines) is 1. The first-order chi connectivity index (χ1) is 21.7. The molecule has 1 amide bonds. The van der Waals surface area contributed by atoms with Gasteiger partial charge in [-0.15, -0.1) is 0 Å². The summed E-state index contributed by atoms with van der Waals surface area (Å²) in [6.07, 6.45) is -2.11. The number of amides is 1. The number of alkyl halides is 7. The monoisotopic (exact) mass is 641 g/mol. The van der Waals surface area contributed by atoms with E-state index in [2.05, 4.69) is 17.2 Å². The second kappa shape index (κ2) is 11.4. The van der Waals surface area contributed by atoms with Crippen LogP contribution in [0, 0.1) is 17.8 Å². The normalized spacial score (nSPS) is 19.3. The molecule has 1 fully saturated rings. The van der Waals surface area contributed by atoms with E-state index >= 15 is 0 Å². The van der Waals surface area contributed by atoms with Crippen molar-refractivity contribution in [3.8, 4) is 11.8 Å². The van der Waals surface area contributed by atoms with E-state index in [4.69, 9.17) is 0 Å². The number of para-hydroxylation sites is 1. The molecule has 240 valence electrons. The fourth-order valence-corrected chi connectivity index (χ4v) is 6.46. The Bertz CT molecular complexity index is 1750. The zero-order chi connectivity index (χ0) is 33.0. The molecule has 11 heteroatoms. The summed E-state index contributed by atoms with van der Waals surface area (Å²) in [5.74, 6) is 0.457. The fraction of sp³-hybridized carbons (Fsp3) is 0.343. The van der Waals surface area contributed by atoms with Gasteiger partial charge in [0.25, 0.3) is 11.8 Å². The lowest BCUT2D eigenvalue weighted by Gasteiger charge is -2.43. The summed E-state index contributed by atoms with van der Waals surface area (Å²) in [4.78, 5) is 16.2. The van der Waals surface area contributed by atoms with Crippen molar-refractivity contribution in [1.82, 2.24) is 4.90 Å². The highest BCUT2D eigenvalue weighted by Gasteiger charge is 2.61. The van der Waals surface area contributed by atoms with E-state index in [1.165, 1.54) is 35.2 Å². The number of piperidine rings is 1. The summed E-state index contributed by atoms with van der Waals surface area (Å²) < 4.78 is 99.2. The van der Waals surface area contributed by atoms with Gasteiger partial charge in [0.05, 0.1) is 6.04 Å². The van der Waals surface area contributed by atoms with Crippen LogP contribution in [-0.2, 0) is 11.3 Å². The van der Waals surface area contributed by atoms with Gasteiger partial charge in [0.2, 0.25) is 5.41 Å². The Morgan fingerprint density at radius 1 is 0.957 bits per heavy atom. The van der Waals surface area contributed by atoms with Gasteiger partial charge in [-0.1, -0.05) is 48.2 Å². The second-order valence-corrected chi connectivity index (χ2v) is 12.0. The number of carbonyl (C=O) groups is 1. The topological polar surface area (TPSA) is 35.6 Å². The van der Waals surface area contributed by atoms with Crippen LogP contribution < -0.4 is 10.2 Å². The molecule has 3 aromatic rings. The van der Waals surface area contributed by atoms with Gasteiger partial charge >= 0.3 is 12.7 Å². The van der Waals surface area contributed by atoms with Crippen molar-refractivity contribution >= 4 is 28.5 Å². The molecular formula is C35H30F7N3O. The average molecular weight is 642 g/mol. The number of anilines is 3. The standard InChI is InChI=1S/C35H30F7N3O/c1-21-18-30(45(32(36)37)29-9-4-3-8-26(21)29)22-12-16-44(17-13-22)31(46)23-10-11-28(27(19-23)34(14-15-34)35(40,41)42)43-25-7-5-6-24(20-25)33(2,38)39/h3-11,18-20,22,30,32,43H,12-13,16-17H2,1-2H3. The highest BCUT2D eigenvalue weighted by Crippen LogP contribution is 2.49. The quantitative estimate of drug-likeness (QED) is 0.159. The number of allylic oxidation sites excluding steroid dienone is 1. The number of fused-ring (bicyclic) bond motifs is 1. The molecule has 3 aromatic carbocycles. The summed E-state index contributed by atoms with van der Waals surface area (Å²) in [5, 5.41) is 2.81. The van der Waals surface area contributed by atoms with E-state index < -0.39 is 36.0 Å². The van der Waals surface area contributed by atoms with Crippen molar-refractivity contribution in [2.45, 2.75) is 56.8 Å². The van der Waals surface area contributed by atoms with Crippen molar-refractivity contribution in [2.24, 2.45) is 5.92 Å². The highest BCUT2D eigenvalue weighted by molar-refractivity contribution is 5.96. The molecule has 3 aliphatic rings. The number of nitrogens with one attached hydrogen (secondary N) is 1. The molecule has 0 saturated carbocycles. The molecule has 1 N–H and O–H groups in total. The van der Waals surface area contributed by atoms with Crippen molar-refractivity contribution in [3.63, 3.8) is 0 Å². The molecule has 0 aromatic heterocycles. The molecule has 1 unspecified atom stereocenters. The number of halogens is 7. The number of nitrogens with zero attached hydrogens (tertiary/aromatic N) is 2. The molecule has 46 heavy (non-hydrogen) atoms. The Labute approximate surface area is 261 Å². The van der Waals surface area contributed by atoms with Crippen LogP contribution in [0.15, 0.2) is 72.8 Å². The number of benzene rings is 3. The number of hydrogen-bond acceptors (Lipinski definition) is 3. The predicted octanol–water partition coefficient (Wildman–Crippen LogP) is 8.73. The highest BCUT2D eigenvalue weighted by atomic mass is 19.4. The number of carbonyl (C=O) groups excluding carboxylic acids is 1. The van der Waals surface area contributed by atoms with E-state index in [1.807, 2.05) is 13.0 Å². The molecule has 0 bridgehead atoms. The lowest BCUT2D eigenvalue weighted by molar-refractivity contribution is -0.151. The third-order valence-electron chi connectivity index (χ3n) is 8.99. The van der Waals surface area contributed by atoms with Crippen LogP contribution in [-0.4, -0.2) is 42.7 Å². The molecule has 0 spiro atoms. The molecule has 1 atom stereocenters. The first-order valence-corrected chi connectivity index (χ1v) is 14.8. The average Bonchev–Trinajstić information content (AvgIpc) is 3.83. The number of hydrogen-bond donors (Lipinski definition) is 1. The summed E-state index contributed by atoms with van der Waals surface area (Å²) in [6.45, 7) is 0.348. The second-order valence-electron chi connectivity index (χ2n) is 12.0. The van der Waals surface area contributed by atoms with Gasteiger partial charge in [0.15, 0.2) is 0 Å². The summed E-state index contributed by atoms with van der Waals surface area (Å²) in [7, 11) is 0. The fourth-order valence-electron chi connectivity index (χ4n) is 6.46. The van der Waals surface area contributed by atoms with E-state index in [0.29, 0.717) is 18.5 Å². The van der Waals surface area contributed by atoms with Gasteiger partial charge in [-0.2, -0.15) is 22.0 Å². The summed E-state index contributed by atoms with van der Waals surface area (Å²) in [6, 6.07) is 15.4. The number of rotatable bonds is 7. The Morgan fingerprint density at radius 2 is 1.65 bits per heavy atom. The lowest BCUT2D eigenvalue weighted by Crippen LogP contribution is -2.49. The molecule has 6 rings (SSSR count). The minimum atomic E-state index is -4.80. The van der Waals surface area contributed by atoms with Gasteiger partial charge < -0.3 is 15.1 Å². The van der Waals surface area contributed by atoms with Gasteiger partial charge in [0.1, 0.15) is 0 Å². The summed E-state index contributed by atoms with van der Waals surface area (Å²) in [5.41, 5.74) is -1.08. The van der Waals surface area contributed by atoms with Crippen LogP contribution in [0.4, 0.5) is 47.8 Å². The predicted molar refractivity (Wildman–Crippen MR) is 162 cm³/mol. The maximum Gasteiger partial charge on any atom is 0.420 e. The minimum absolute atomic E-state index is 0.00325. The first-order valence-electron chi connectivity index (χ1n) is 14.8. The van der Waals surface area contributed by atoms with Crippen LogP contribution in [0.2, 0.25) is 0 Å². The molecule has 1 saturated heterocycles. The zero-order valence-corrected chi connectivity index (χ0v) is 24.9. The maximum atomic E-state index is 14.3. The van der Waals surface area contributed by atoms with E-state index in [-0.39, 0.29) is 47.1 Å². The van der Waals surface area contributed by atoms with E-state index in [1.54, 1.807) is 24.3 Å². The van der Waals surface area contributed by atoms with E-state index in [9.17, 15) is 35.5 Å². The van der Waals surface area contributed by atoms with Crippen LogP contribution >= 0.6 is 0 Å². The molecule has 2 heterocycles. The molecule has 0 radical (unpaired) electrons. The summed E-state index contributed by atoms with van der Waals surface area (Å²) >= 11 is 0. The Balaban J connectivity index is 1.23. The van der Waals surface area contributed by atoms with Crippen molar-refractivity contribution < 1.29 is 35.5 Å². The first kappa shape index (κ1) is 31.5. The Morgan fingerprint density at radius 3 is 2.28 bits per heavy atom. The van der Waals surface area contributed by atoms with Crippen molar-refractivity contribution in [1.29, 1.82) is 0 Å². The van der Waals surface area contributed by atoms with Crippen molar-refractivity contribution in [3.05, 3.63) is 95.1 Å². The third kappa shape index (κ3) is 5.70. The molecule has 2 aliphatic heterocycles. The van der Waals surface area contributed by atoms with Gasteiger partial charge in [-0.25, -0.2) is 8.78 Å². The van der Waals surface area contributed by atoms with Crippen LogP contribution in [0.5, 0.6) is 0 Å². The minimum Gasteiger partial charge on any atom is -0.355 e. The van der Waals surface area contributed by atoms with Crippen LogP contribution in [0.3, 0.4) is 0 Å². The van der Waals surface area contributed by atoms with Gasteiger partial charge in [-0.05, 0) is 67.7 Å². The SMILES string of the molecule is CC1=CC(C2CCN(C(=O)c3ccc(Nc4cccc(C(C)(F)F)c4)c(C4(C(F)(F)F)C#C4)c3)CC2)N(C(F)F)c2ccccc21. The van der Waals surface area contributed by atoms with Crippen LogP contribution in [0.25, 0.3) is 5.57 Å². The van der Waals surface area contributed by atoms with E-state index in [0.717, 1.165) is 35.1 Å². The molecule has 1 aliphatic carbocycles. The lowest BCUT2D eigenvalue weighted by atomic mass is 9.83. The largest absolute Gasteiger partial charge is 0.420 e. The smallest absolute Gasteiger partial charge is 0.355 e. The Kier molecular flexibility index (Phi) is 7.82. The van der Waals surface area contributed by atoms with Crippen molar-refractivity contribution in [2.75, 3.05) is 23.3 Å². The zero-order valence-electron chi connectivity index (χ0n) is 24.9. The Hall–Kier alpha value is -4.46. The van der Waals surface area contributed by atoms with Gasteiger partial charge in [-0.3, -0.25) is 4.79 Å². The molecular weight excluding hydrogens is 611 g/mol. The van der Waals surface area contributed by atoms with Gasteiger partial charge in [0, 0.05) is 59.3 Å². The third-order valence-corrected chi connectivity index (χ3v) is 8.99. The van der Waals surface area contributed by atoms with Crippen LogP contribution in [0.1, 0.15) is 53.7 Å². The molecule has 4 nitrogen and oxygen atoms in total.